The topological polar surface area (TPSA) is 140 Å². The molecule has 1 aliphatic rings. The number of amides is 3. The fraction of sp³-hybridized carbons (Fsp3) is 0.208. The maximum absolute atomic E-state index is 13.3. The van der Waals surface area contributed by atoms with Gasteiger partial charge < -0.3 is 14.1 Å². The molecular weight excluding hydrogens is 474 g/mol. The van der Waals surface area contributed by atoms with E-state index < -0.39 is 33.8 Å². The van der Waals surface area contributed by atoms with E-state index in [4.69, 9.17) is 14.3 Å². The second kappa shape index (κ2) is 9.72. The minimum Gasteiger partial charge on any atom is -0.497 e. The Morgan fingerprint density at radius 1 is 1.11 bits per heavy atom. The second-order valence-electron chi connectivity index (χ2n) is 7.90. The highest BCUT2D eigenvalue weighted by atomic mass is 32.2. The van der Waals surface area contributed by atoms with Crippen molar-refractivity contribution >= 4 is 33.4 Å². The van der Waals surface area contributed by atoms with Gasteiger partial charge in [-0.05, 0) is 60.5 Å². The van der Waals surface area contributed by atoms with Crippen LogP contribution in [0.15, 0.2) is 76.2 Å². The van der Waals surface area contributed by atoms with E-state index >= 15 is 0 Å². The summed E-state index contributed by atoms with van der Waals surface area (Å²) in [5.74, 6) is -0.867. The molecule has 1 fully saturated rings. The van der Waals surface area contributed by atoms with Crippen LogP contribution in [0.3, 0.4) is 0 Å². The Labute approximate surface area is 201 Å². The van der Waals surface area contributed by atoms with E-state index in [1.807, 2.05) is 0 Å². The van der Waals surface area contributed by atoms with Gasteiger partial charge in [-0.15, -0.1) is 0 Å². The van der Waals surface area contributed by atoms with Gasteiger partial charge in [-0.2, -0.15) is 0 Å². The molecule has 2 heterocycles. The zero-order valence-electron chi connectivity index (χ0n) is 18.8. The number of ether oxygens (including phenoxy) is 1. The van der Waals surface area contributed by atoms with E-state index in [-0.39, 0.29) is 23.6 Å². The van der Waals surface area contributed by atoms with Crippen molar-refractivity contribution in [2.45, 2.75) is 23.8 Å². The number of methoxy groups -OCH3 is 1. The van der Waals surface area contributed by atoms with E-state index in [1.54, 1.807) is 42.5 Å². The number of anilines is 1. The van der Waals surface area contributed by atoms with E-state index in [1.165, 1.54) is 36.5 Å². The van der Waals surface area contributed by atoms with E-state index in [9.17, 15) is 22.8 Å². The van der Waals surface area contributed by atoms with Gasteiger partial charge in [0.1, 0.15) is 11.8 Å². The average molecular weight is 498 g/mol. The van der Waals surface area contributed by atoms with Crippen LogP contribution in [0.2, 0.25) is 0 Å². The molecule has 3 aromatic rings. The zero-order valence-corrected chi connectivity index (χ0v) is 19.6. The third-order valence-electron chi connectivity index (χ3n) is 5.72. The third kappa shape index (κ3) is 5.10. The summed E-state index contributed by atoms with van der Waals surface area (Å²) in [5, 5.41) is 5.14. The SMILES string of the molecule is COc1ccc(N2C(=O)CC(N(CCc3ccc(S(N)(=O)=O)cc3)C(=O)c3ccco3)C2=O)cc1. The molecule has 1 atom stereocenters. The van der Waals surface area contributed by atoms with Crippen LogP contribution in [-0.2, 0) is 26.0 Å². The zero-order chi connectivity index (χ0) is 25.2. The molecule has 35 heavy (non-hydrogen) atoms. The molecule has 3 amide bonds. The Kier molecular flexibility index (Phi) is 6.72. The summed E-state index contributed by atoms with van der Waals surface area (Å²) in [7, 11) is -2.32. The second-order valence-corrected chi connectivity index (χ2v) is 9.46. The van der Waals surface area contributed by atoms with Gasteiger partial charge in [0.05, 0.1) is 30.4 Å². The van der Waals surface area contributed by atoms with E-state index in [2.05, 4.69) is 0 Å². The molecular formula is C24H23N3O7S. The Morgan fingerprint density at radius 2 is 1.80 bits per heavy atom. The number of benzene rings is 2. The number of hydrogen-bond donors (Lipinski definition) is 1. The predicted molar refractivity (Wildman–Crippen MR) is 125 cm³/mol. The molecule has 182 valence electrons. The Balaban J connectivity index is 1.58. The smallest absolute Gasteiger partial charge is 0.290 e. The molecule has 0 bridgehead atoms. The number of carbonyl (C=O) groups excluding carboxylic acids is 3. The maximum Gasteiger partial charge on any atom is 0.290 e. The number of hydrogen-bond acceptors (Lipinski definition) is 7. The molecule has 0 saturated carbocycles. The highest BCUT2D eigenvalue weighted by Crippen LogP contribution is 2.28. The summed E-state index contributed by atoms with van der Waals surface area (Å²) >= 11 is 0. The lowest BCUT2D eigenvalue weighted by atomic mass is 10.1. The molecule has 1 aromatic heterocycles. The summed E-state index contributed by atoms with van der Waals surface area (Å²) in [6, 6.07) is 14.4. The van der Waals surface area contributed by atoms with Gasteiger partial charge in [0, 0.05) is 6.54 Å². The molecule has 0 aliphatic carbocycles. The molecule has 0 radical (unpaired) electrons. The van der Waals surface area contributed by atoms with Crippen molar-refractivity contribution < 1.29 is 32.0 Å². The summed E-state index contributed by atoms with van der Waals surface area (Å²) in [6.45, 7) is 0.0917. The fourth-order valence-electron chi connectivity index (χ4n) is 3.90. The van der Waals surface area contributed by atoms with Gasteiger partial charge in [0.15, 0.2) is 5.76 Å². The lowest BCUT2D eigenvalue weighted by Crippen LogP contribution is -2.46. The van der Waals surface area contributed by atoms with E-state index in [0.717, 1.165) is 10.5 Å². The van der Waals surface area contributed by atoms with Crippen LogP contribution in [0, 0.1) is 0 Å². The number of nitrogens with zero attached hydrogens (tertiary/aromatic N) is 2. The lowest BCUT2D eigenvalue weighted by Gasteiger charge is -2.27. The van der Waals surface area contributed by atoms with Gasteiger partial charge in [0.2, 0.25) is 15.9 Å². The highest BCUT2D eigenvalue weighted by Gasteiger charge is 2.44. The third-order valence-corrected chi connectivity index (χ3v) is 6.64. The van der Waals surface area contributed by atoms with Crippen molar-refractivity contribution in [3.63, 3.8) is 0 Å². The minimum absolute atomic E-state index is 0.0310. The summed E-state index contributed by atoms with van der Waals surface area (Å²) < 4.78 is 33.3. The molecule has 2 N–H and O–H groups in total. The Bertz CT molecular complexity index is 1330. The van der Waals surface area contributed by atoms with Gasteiger partial charge in [-0.3, -0.25) is 14.4 Å². The van der Waals surface area contributed by atoms with Crippen LogP contribution in [0.4, 0.5) is 5.69 Å². The minimum atomic E-state index is -3.83. The molecule has 4 rings (SSSR count). The van der Waals surface area contributed by atoms with Crippen LogP contribution in [0.1, 0.15) is 22.5 Å². The van der Waals surface area contributed by atoms with Crippen molar-refractivity contribution in [2.75, 3.05) is 18.6 Å². The van der Waals surface area contributed by atoms with Crippen LogP contribution in [0.25, 0.3) is 0 Å². The van der Waals surface area contributed by atoms with Crippen molar-refractivity contribution in [1.29, 1.82) is 0 Å². The number of imide groups is 1. The average Bonchev–Trinajstić information content (AvgIpc) is 3.47. The van der Waals surface area contributed by atoms with Crippen LogP contribution < -0.4 is 14.8 Å². The lowest BCUT2D eigenvalue weighted by molar-refractivity contribution is -0.122. The van der Waals surface area contributed by atoms with Crippen molar-refractivity contribution in [3.05, 3.63) is 78.3 Å². The molecule has 10 nitrogen and oxygen atoms in total. The normalized spacial score (nSPS) is 15.9. The van der Waals surface area contributed by atoms with Crippen molar-refractivity contribution in [3.8, 4) is 5.75 Å². The number of nitrogens with two attached hydrogens (primary N) is 1. The number of rotatable bonds is 8. The number of carbonyl (C=O) groups is 3. The quantitative estimate of drug-likeness (QED) is 0.469. The standard InChI is InChI=1S/C24H23N3O7S/c1-33-18-8-6-17(7-9-18)27-22(28)15-20(23(27)29)26(24(30)21-3-2-14-34-21)13-12-16-4-10-19(11-5-16)35(25,31)32/h2-11,14,20H,12-13,15H2,1H3,(H2,25,31,32). The van der Waals surface area contributed by atoms with Gasteiger partial charge in [-0.25, -0.2) is 18.5 Å². The number of primary sulfonamides is 1. The fourth-order valence-corrected chi connectivity index (χ4v) is 4.41. The molecule has 1 unspecified atom stereocenters. The maximum atomic E-state index is 13.3. The summed E-state index contributed by atoms with van der Waals surface area (Å²) in [6.07, 6.45) is 1.47. The molecule has 1 saturated heterocycles. The Morgan fingerprint density at radius 3 is 2.37 bits per heavy atom. The largest absolute Gasteiger partial charge is 0.497 e. The van der Waals surface area contributed by atoms with Crippen molar-refractivity contribution in [1.82, 2.24) is 4.90 Å². The first-order valence-electron chi connectivity index (χ1n) is 10.7. The first kappa shape index (κ1) is 24.2. The van der Waals surface area contributed by atoms with E-state index in [0.29, 0.717) is 17.9 Å². The van der Waals surface area contributed by atoms with Gasteiger partial charge in [0.25, 0.3) is 11.8 Å². The predicted octanol–water partition coefficient (Wildman–Crippen LogP) is 1.95. The van der Waals surface area contributed by atoms with Crippen LogP contribution in [0.5, 0.6) is 5.75 Å². The summed E-state index contributed by atoms with van der Waals surface area (Å²) in [4.78, 5) is 41.7. The van der Waals surface area contributed by atoms with Crippen LogP contribution in [-0.4, -0.2) is 50.7 Å². The molecule has 0 spiro atoms. The molecule has 1 aliphatic heterocycles. The number of furan rings is 1. The molecule has 11 heteroatoms. The first-order valence-corrected chi connectivity index (χ1v) is 12.2. The highest BCUT2D eigenvalue weighted by molar-refractivity contribution is 7.89. The van der Waals surface area contributed by atoms with Gasteiger partial charge >= 0.3 is 0 Å². The summed E-state index contributed by atoms with van der Waals surface area (Å²) in [5.41, 5.74) is 1.10. The Hall–Kier alpha value is -3.96. The van der Waals surface area contributed by atoms with Crippen molar-refractivity contribution in [2.24, 2.45) is 5.14 Å². The molecule has 2 aromatic carbocycles. The van der Waals surface area contributed by atoms with Gasteiger partial charge in [-0.1, -0.05) is 12.1 Å². The first-order chi connectivity index (χ1) is 16.7. The number of sulfonamides is 1. The monoisotopic (exact) mass is 497 g/mol. The van der Waals surface area contributed by atoms with Crippen LogP contribution >= 0.6 is 0 Å².